The van der Waals surface area contributed by atoms with Crippen LogP contribution in [0.1, 0.15) is 0 Å². The second-order valence-corrected chi connectivity index (χ2v) is 7.23. The Morgan fingerprint density at radius 2 is 0.781 bits per heavy atom. The van der Waals surface area contributed by atoms with Gasteiger partial charge in [-0.1, -0.05) is 0 Å². The minimum atomic E-state index is -0.555. The zero-order valence-corrected chi connectivity index (χ0v) is 17.1. The molecule has 0 fully saturated rings. The Balaban J connectivity index is 1.76. The molecule has 0 aliphatic heterocycles. The van der Waals surface area contributed by atoms with Crippen molar-refractivity contribution in [3.63, 3.8) is 0 Å². The first-order valence-corrected chi connectivity index (χ1v) is 9.68. The maximum atomic E-state index is 13.0. The summed E-state index contributed by atoms with van der Waals surface area (Å²) < 4.78 is 12.3. The summed E-state index contributed by atoms with van der Waals surface area (Å²) in [5.41, 5.74) is -1.48. The SMILES string of the molecule is COc1ccc(-n2c(=O)c3cc4c(=O)n(-c5ccc(OC)cc5)c(=O)c4cc3c2=O)cc1. The van der Waals surface area contributed by atoms with Crippen LogP contribution in [0, 0.1) is 0 Å². The molecular weight excluding hydrogens is 412 g/mol. The quantitative estimate of drug-likeness (QED) is 0.434. The number of rotatable bonds is 4. The molecule has 0 radical (unpaired) electrons. The van der Waals surface area contributed by atoms with E-state index in [-0.39, 0.29) is 21.5 Å². The smallest absolute Gasteiger partial charge is 0.266 e. The van der Waals surface area contributed by atoms with Crippen LogP contribution in [-0.2, 0) is 0 Å². The van der Waals surface area contributed by atoms with Gasteiger partial charge < -0.3 is 9.47 Å². The van der Waals surface area contributed by atoms with E-state index >= 15 is 0 Å². The van der Waals surface area contributed by atoms with Gasteiger partial charge >= 0.3 is 0 Å². The molecule has 0 spiro atoms. The van der Waals surface area contributed by atoms with Gasteiger partial charge in [-0.05, 0) is 60.7 Å². The third-order valence-electron chi connectivity index (χ3n) is 5.55. The van der Waals surface area contributed by atoms with E-state index in [2.05, 4.69) is 0 Å². The highest BCUT2D eigenvalue weighted by atomic mass is 16.5. The molecule has 0 amide bonds. The van der Waals surface area contributed by atoms with Crippen molar-refractivity contribution in [3.8, 4) is 22.9 Å². The molecule has 0 aliphatic carbocycles. The molecule has 8 nitrogen and oxygen atoms in total. The number of benzene rings is 3. The van der Waals surface area contributed by atoms with Gasteiger partial charge in [0.1, 0.15) is 11.5 Å². The standard InChI is InChI=1S/C24H16N2O6/c1-31-15-7-3-13(4-8-15)25-21(27)17-11-19-20(12-18(17)22(25)28)24(30)26(23(19)29)14-5-9-16(32-2)10-6-14/h3-12H,1-2H3. The molecule has 3 aromatic carbocycles. The average molecular weight is 428 g/mol. The van der Waals surface area contributed by atoms with E-state index < -0.39 is 22.2 Å². The lowest BCUT2D eigenvalue weighted by molar-refractivity contribution is 0.414. The third kappa shape index (κ3) is 2.70. The molecule has 0 bridgehead atoms. The maximum absolute atomic E-state index is 13.0. The lowest BCUT2D eigenvalue weighted by Gasteiger charge is -2.02. The molecular formula is C24H16N2O6. The van der Waals surface area contributed by atoms with Gasteiger partial charge in [-0.15, -0.1) is 0 Å². The van der Waals surface area contributed by atoms with Gasteiger partial charge in [0.25, 0.3) is 22.2 Å². The molecule has 8 heteroatoms. The van der Waals surface area contributed by atoms with E-state index in [1.54, 1.807) is 48.5 Å². The molecule has 2 aromatic heterocycles. The molecule has 0 atom stereocenters. The van der Waals surface area contributed by atoms with E-state index in [1.807, 2.05) is 0 Å². The molecule has 0 unspecified atom stereocenters. The summed E-state index contributed by atoms with van der Waals surface area (Å²) in [4.78, 5) is 52.1. The fourth-order valence-electron chi connectivity index (χ4n) is 3.91. The van der Waals surface area contributed by atoms with Crippen molar-refractivity contribution in [2.75, 3.05) is 14.2 Å². The van der Waals surface area contributed by atoms with Crippen molar-refractivity contribution >= 4 is 21.5 Å². The average Bonchev–Trinajstić information content (AvgIpc) is 3.22. The van der Waals surface area contributed by atoms with Gasteiger partial charge in [0.05, 0.1) is 47.1 Å². The van der Waals surface area contributed by atoms with Crippen LogP contribution >= 0.6 is 0 Å². The van der Waals surface area contributed by atoms with Gasteiger partial charge in [-0.3, -0.25) is 19.2 Å². The van der Waals surface area contributed by atoms with Crippen molar-refractivity contribution in [3.05, 3.63) is 102 Å². The zero-order chi connectivity index (χ0) is 22.6. The summed E-state index contributed by atoms with van der Waals surface area (Å²) in [6, 6.07) is 15.6. The minimum absolute atomic E-state index is 0.0855. The lowest BCUT2D eigenvalue weighted by Crippen LogP contribution is -2.24. The monoisotopic (exact) mass is 428 g/mol. The number of fused-ring (bicyclic) bond motifs is 2. The first kappa shape index (κ1) is 19.5. The van der Waals surface area contributed by atoms with Gasteiger partial charge in [0.2, 0.25) is 0 Å². The van der Waals surface area contributed by atoms with Crippen molar-refractivity contribution in [2.45, 2.75) is 0 Å². The summed E-state index contributed by atoms with van der Waals surface area (Å²) in [7, 11) is 3.03. The third-order valence-corrected chi connectivity index (χ3v) is 5.55. The van der Waals surface area contributed by atoms with Gasteiger partial charge in [0.15, 0.2) is 0 Å². The topological polar surface area (TPSA) is 96.6 Å². The van der Waals surface area contributed by atoms with Crippen LogP contribution in [0.15, 0.2) is 79.8 Å². The zero-order valence-electron chi connectivity index (χ0n) is 17.1. The summed E-state index contributed by atoms with van der Waals surface area (Å²) in [6.45, 7) is 0. The summed E-state index contributed by atoms with van der Waals surface area (Å²) in [5, 5.41) is 0.342. The van der Waals surface area contributed by atoms with Crippen molar-refractivity contribution < 1.29 is 9.47 Å². The Hall–Kier alpha value is -4.46. The van der Waals surface area contributed by atoms with E-state index in [1.165, 1.54) is 26.4 Å². The Bertz CT molecular complexity index is 1500. The highest BCUT2D eigenvalue weighted by molar-refractivity contribution is 5.98. The molecule has 5 rings (SSSR count). The molecule has 32 heavy (non-hydrogen) atoms. The van der Waals surface area contributed by atoms with E-state index in [0.717, 1.165) is 9.13 Å². The fourth-order valence-corrected chi connectivity index (χ4v) is 3.91. The molecule has 0 saturated carbocycles. The van der Waals surface area contributed by atoms with Crippen molar-refractivity contribution in [1.82, 2.24) is 9.13 Å². The normalized spacial score (nSPS) is 11.3. The number of nitrogens with zero attached hydrogens (tertiary/aromatic N) is 2. The number of hydrogen-bond acceptors (Lipinski definition) is 6. The maximum Gasteiger partial charge on any atom is 0.266 e. The van der Waals surface area contributed by atoms with E-state index in [4.69, 9.17) is 9.47 Å². The molecule has 0 saturated heterocycles. The summed E-state index contributed by atoms with van der Waals surface area (Å²) in [5.74, 6) is 1.17. The summed E-state index contributed by atoms with van der Waals surface area (Å²) in [6.07, 6.45) is 0. The number of aromatic nitrogens is 2. The van der Waals surface area contributed by atoms with Gasteiger partial charge in [-0.25, -0.2) is 9.13 Å². The molecule has 5 aromatic rings. The molecule has 0 N–H and O–H groups in total. The van der Waals surface area contributed by atoms with Gasteiger partial charge in [0, 0.05) is 0 Å². The number of methoxy groups -OCH3 is 2. The molecule has 158 valence electrons. The fraction of sp³-hybridized carbons (Fsp3) is 0.0833. The van der Waals surface area contributed by atoms with Crippen LogP contribution in [0.25, 0.3) is 32.9 Å². The Labute approximate surface area is 179 Å². The molecule has 2 heterocycles. The number of ether oxygens (including phenoxy) is 2. The van der Waals surface area contributed by atoms with Gasteiger partial charge in [-0.2, -0.15) is 0 Å². The predicted molar refractivity (Wildman–Crippen MR) is 121 cm³/mol. The minimum Gasteiger partial charge on any atom is -0.497 e. The second-order valence-electron chi connectivity index (χ2n) is 7.23. The Morgan fingerprint density at radius 1 is 0.500 bits per heavy atom. The summed E-state index contributed by atoms with van der Waals surface area (Å²) >= 11 is 0. The number of hydrogen-bond donors (Lipinski definition) is 0. The van der Waals surface area contributed by atoms with Crippen molar-refractivity contribution in [1.29, 1.82) is 0 Å². The highest BCUT2D eigenvalue weighted by Gasteiger charge is 2.20. The van der Waals surface area contributed by atoms with Crippen molar-refractivity contribution in [2.24, 2.45) is 0 Å². The predicted octanol–water partition coefficient (Wildman–Crippen LogP) is 1.91. The van der Waals surface area contributed by atoms with Crippen LogP contribution in [0.2, 0.25) is 0 Å². The largest absolute Gasteiger partial charge is 0.497 e. The Kier molecular flexibility index (Phi) is 4.30. The van der Waals surface area contributed by atoms with E-state index in [0.29, 0.717) is 22.9 Å². The van der Waals surface area contributed by atoms with Crippen LogP contribution in [0.4, 0.5) is 0 Å². The van der Waals surface area contributed by atoms with Crippen LogP contribution < -0.4 is 31.7 Å². The molecule has 0 aliphatic rings. The van der Waals surface area contributed by atoms with Crippen LogP contribution in [0.3, 0.4) is 0 Å². The second kappa shape index (κ2) is 7.05. The van der Waals surface area contributed by atoms with Crippen LogP contribution in [0.5, 0.6) is 11.5 Å². The first-order chi connectivity index (χ1) is 15.4. The Morgan fingerprint density at radius 3 is 1.03 bits per heavy atom. The first-order valence-electron chi connectivity index (χ1n) is 9.68. The van der Waals surface area contributed by atoms with Crippen LogP contribution in [-0.4, -0.2) is 23.4 Å². The highest BCUT2D eigenvalue weighted by Crippen LogP contribution is 2.19. The lowest BCUT2D eigenvalue weighted by atomic mass is 10.1. The van der Waals surface area contributed by atoms with E-state index in [9.17, 15) is 19.2 Å².